The highest BCUT2D eigenvalue weighted by molar-refractivity contribution is 5.78. The summed E-state index contributed by atoms with van der Waals surface area (Å²) >= 11 is 0. The summed E-state index contributed by atoms with van der Waals surface area (Å²) in [5, 5.41) is 11.5. The Kier molecular flexibility index (Phi) is 3.55. The first-order chi connectivity index (χ1) is 9.62. The lowest BCUT2D eigenvalue weighted by Gasteiger charge is -2.34. The van der Waals surface area contributed by atoms with Gasteiger partial charge in [-0.15, -0.1) is 0 Å². The van der Waals surface area contributed by atoms with E-state index >= 15 is 0 Å². The van der Waals surface area contributed by atoms with Gasteiger partial charge in [0.1, 0.15) is 11.4 Å². The molecule has 1 N–H and O–H groups in total. The maximum absolute atomic E-state index is 13.7. The van der Waals surface area contributed by atoms with Gasteiger partial charge in [0.05, 0.1) is 0 Å². The van der Waals surface area contributed by atoms with E-state index in [0.717, 1.165) is 18.2 Å². The maximum atomic E-state index is 13.7. The quantitative estimate of drug-likeness (QED) is 0.877. The predicted octanol–water partition coefficient (Wildman–Crippen LogP) is 4.75. The third-order valence-corrected chi connectivity index (χ3v) is 4.58. The Morgan fingerprint density at radius 1 is 1.35 bits per heavy atom. The zero-order valence-electron chi connectivity index (χ0n) is 11.9. The Morgan fingerprint density at radius 3 is 2.75 bits per heavy atom. The molecule has 3 rings (SSSR count). The van der Waals surface area contributed by atoms with Crippen molar-refractivity contribution in [3.63, 3.8) is 0 Å². The molecule has 1 heterocycles. The van der Waals surface area contributed by atoms with Crippen LogP contribution in [0.3, 0.4) is 0 Å². The summed E-state index contributed by atoms with van der Waals surface area (Å²) in [7, 11) is 0. The minimum atomic E-state index is -0.921. The molecule has 3 heteroatoms. The summed E-state index contributed by atoms with van der Waals surface area (Å²) in [6, 6.07) is 6.66. The van der Waals surface area contributed by atoms with Crippen LogP contribution in [-0.4, -0.2) is 5.11 Å². The number of halogens is 1. The molecule has 0 radical (unpaired) electrons. The second-order valence-electron chi connectivity index (χ2n) is 6.03. The first-order valence-corrected chi connectivity index (χ1v) is 7.53. The van der Waals surface area contributed by atoms with Crippen LogP contribution < -0.4 is 0 Å². The Morgan fingerprint density at radius 2 is 2.10 bits per heavy atom. The van der Waals surface area contributed by atoms with Crippen molar-refractivity contribution in [1.82, 2.24) is 0 Å². The van der Waals surface area contributed by atoms with E-state index in [2.05, 4.69) is 6.92 Å². The standard InChI is InChI=1S/C17H21FO2/c1-2-4-12-7-9-17(19,10-8-12)15-11-13-5-3-6-14(18)16(13)20-15/h3,5-6,11-12,19H,2,4,7-10H2,1H3. The van der Waals surface area contributed by atoms with Gasteiger partial charge in [-0.05, 0) is 43.7 Å². The van der Waals surface area contributed by atoms with Crippen LogP contribution in [0.15, 0.2) is 28.7 Å². The van der Waals surface area contributed by atoms with Gasteiger partial charge < -0.3 is 9.52 Å². The van der Waals surface area contributed by atoms with Gasteiger partial charge in [0.15, 0.2) is 11.4 Å². The van der Waals surface area contributed by atoms with Crippen molar-refractivity contribution in [2.45, 2.75) is 51.0 Å². The van der Waals surface area contributed by atoms with Gasteiger partial charge in [-0.3, -0.25) is 0 Å². The van der Waals surface area contributed by atoms with Crippen molar-refractivity contribution in [3.05, 3.63) is 35.8 Å². The highest BCUT2D eigenvalue weighted by Gasteiger charge is 2.37. The van der Waals surface area contributed by atoms with E-state index in [1.807, 2.05) is 6.07 Å². The molecule has 0 atom stereocenters. The molecular formula is C17H21FO2. The first kappa shape index (κ1) is 13.6. The Balaban J connectivity index is 1.85. The van der Waals surface area contributed by atoms with E-state index in [0.29, 0.717) is 24.5 Å². The largest absolute Gasteiger partial charge is 0.455 e. The van der Waals surface area contributed by atoms with Crippen LogP contribution in [0.5, 0.6) is 0 Å². The lowest BCUT2D eigenvalue weighted by atomic mass is 9.76. The normalized spacial score (nSPS) is 27.1. The van der Waals surface area contributed by atoms with Gasteiger partial charge in [0.2, 0.25) is 0 Å². The third kappa shape index (κ3) is 2.35. The summed E-state index contributed by atoms with van der Waals surface area (Å²) in [5.41, 5.74) is -0.665. The molecule has 0 bridgehead atoms. The van der Waals surface area contributed by atoms with Crippen LogP contribution in [0.1, 0.15) is 51.2 Å². The molecule has 108 valence electrons. The molecule has 0 spiro atoms. The zero-order valence-corrected chi connectivity index (χ0v) is 11.9. The molecule has 1 saturated carbocycles. The van der Waals surface area contributed by atoms with E-state index < -0.39 is 5.60 Å². The van der Waals surface area contributed by atoms with Crippen molar-refractivity contribution < 1.29 is 13.9 Å². The van der Waals surface area contributed by atoms with E-state index in [4.69, 9.17) is 4.42 Å². The molecule has 2 nitrogen and oxygen atoms in total. The van der Waals surface area contributed by atoms with Crippen molar-refractivity contribution in [1.29, 1.82) is 0 Å². The highest BCUT2D eigenvalue weighted by atomic mass is 19.1. The number of rotatable bonds is 3. The molecule has 0 unspecified atom stereocenters. The van der Waals surface area contributed by atoms with E-state index in [1.54, 1.807) is 12.1 Å². The molecule has 1 aromatic carbocycles. The number of benzene rings is 1. The molecule has 1 aliphatic carbocycles. The SMILES string of the molecule is CCCC1CCC(O)(c2cc3cccc(F)c3o2)CC1. The second kappa shape index (κ2) is 5.21. The fourth-order valence-electron chi connectivity index (χ4n) is 3.36. The Labute approximate surface area is 118 Å². The lowest BCUT2D eigenvalue weighted by Crippen LogP contribution is -2.31. The van der Waals surface area contributed by atoms with Gasteiger partial charge in [0.25, 0.3) is 0 Å². The lowest BCUT2D eigenvalue weighted by molar-refractivity contribution is -0.0318. The number of hydrogen-bond donors (Lipinski definition) is 1. The fourth-order valence-corrected chi connectivity index (χ4v) is 3.36. The summed E-state index contributed by atoms with van der Waals surface area (Å²) in [4.78, 5) is 0. The van der Waals surface area contributed by atoms with E-state index in [-0.39, 0.29) is 11.4 Å². The summed E-state index contributed by atoms with van der Waals surface area (Å²) in [5.74, 6) is 0.867. The number of furan rings is 1. The molecule has 0 amide bonds. The van der Waals surface area contributed by atoms with Crippen LogP contribution in [-0.2, 0) is 5.60 Å². The topological polar surface area (TPSA) is 33.4 Å². The third-order valence-electron chi connectivity index (χ3n) is 4.58. The van der Waals surface area contributed by atoms with Gasteiger partial charge in [-0.25, -0.2) is 4.39 Å². The number of para-hydroxylation sites is 1. The van der Waals surface area contributed by atoms with Crippen LogP contribution in [0.4, 0.5) is 4.39 Å². The van der Waals surface area contributed by atoms with Crippen molar-refractivity contribution in [2.75, 3.05) is 0 Å². The highest BCUT2D eigenvalue weighted by Crippen LogP contribution is 2.42. The monoisotopic (exact) mass is 276 g/mol. The van der Waals surface area contributed by atoms with Crippen LogP contribution in [0.25, 0.3) is 11.0 Å². The average Bonchev–Trinajstić information content (AvgIpc) is 2.88. The molecule has 1 aliphatic rings. The smallest absolute Gasteiger partial charge is 0.170 e. The van der Waals surface area contributed by atoms with Crippen molar-refractivity contribution in [2.24, 2.45) is 5.92 Å². The predicted molar refractivity (Wildman–Crippen MR) is 76.9 cm³/mol. The van der Waals surface area contributed by atoms with Gasteiger partial charge in [-0.1, -0.05) is 31.9 Å². The molecule has 20 heavy (non-hydrogen) atoms. The van der Waals surface area contributed by atoms with Crippen LogP contribution in [0.2, 0.25) is 0 Å². The second-order valence-corrected chi connectivity index (χ2v) is 6.03. The number of aliphatic hydroxyl groups is 1. The van der Waals surface area contributed by atoms with Gasteiger partial charge >= 0.3 is 0 Å². The number of hydrogen-bond acceptors (Lipinski definition) is 2. The molecule has 0 saturated heterocycles. The van der Waals surface area contributed by atoms with E-state index in [9.17, 15) is 9.50 Å². The Bertz CT molecular complexity index is 594. The van der Waals surface area contributed by atoms with Gasteiger partial charge in [0, 0.05) is 5.39 Å². The van der Waals surface area contributed by atoms with Crippen molar-refractivity contribution in [3.8, 4) is 0 Å². The maximum Gasteiger partial charge on any atom is 0.170 e. The molecule has 1 aromatic heterocycles. The molecular weight excluding hydrogens is 255 g/mol. The molecule has 2 aromatic rings. The fraction of sp³-hybridized carbons (Fsp3) is 0.529. The zero-order chi connectivity index (χ0) is 14.2. The van der Waals surface area contributed by atoms with E-state index in [1.165, 1.54) is 18.9 Å². The van der Waals surface area contributed by atoms with Gasteiger partial charge in [-0.2, -0.15) is 0 Å². The average molecular weight is 276 g/mol. The first-order valence-electron chi connectivity index (χ1n) is 7.53. The summed E-state index contributed by atoms with van der Waals surface area (Å²) in [6.07, 6.45) is 5.87. The Hall–Kier alpha value is -1.35. The van der Waals surface area contributed by atoms with Crippen LogP contribution in [0, 0.1) is 11.7 Å². The summed E-state index contributed by atoms with van der Waals surface area (Å²) in [6.45, 7) is 2.20. The van der Waals surface area contributed by atoms with Crippen LogP contribution >= 0.6 is 0 Å². The minimum Gasteiger partial charge on any atom is -0.455 e. The molecule has 0 aliphatic heterocycles. The summed E-state index contributed by atoms with van der Waals surface area (Å²) < 4.78 is 19.3. The van der Waals surface area contributed by atoms with Crippen molar-refractivity contribution >= 4 is 11.0 Å². The minimum absolute atomic E-state index is 0.256. The molecule has 1 fully saturated rings. The number of fused-ring (bicyclic) bond motifs is 1.